The van der Waals surface area contributed by atoms with Crippen LogP contribution in [0.15, 0.2) is 42.6 Å². The molecule has 1 aromatic carbocycles. The molecule has 4 N–H and O–H groups in total. The molecule has 2 heterocycles. The maximum atomic E-state index is 12.5. The summed E-state index contributed by atoms with van der Waals surface area (Å²) in [6, 6.07) is 13.5. The standard InChI is InChI=1S/C19H17N5O2S.2C2HF3O2/c20-9-14-2-1-7-23-18(14)26-16-5-3-13(4-6-16)8-17(22)19(25)24-12-27-11-15(24)10-21;2*3-2(4,5)1(6)7/h1-7,15,17H,8,11-12,22H2;2*(H,6,7)/t15-,17+;;/m1../s1. The second-order valence-corrected chi connectivity index (χ2v) is 8.58. The van der Waals surface area contributed by atoms with Crippen molar-refractivity contribution in [3.8, 4) is 23.8 Å². The lowest BCUT2D eigenvalue weighted by Crippen LogP contribution is -2.47. The van der Waals surface area contributed by atoms with Crippen LogP contribution in [0.2, 0.25) is 0 Å². The van der Waals surface area contributed by atoms with E-state index in [0.717, 1.165) is 5.56 Å². The zero-order valence-electron chi connectivity index (χ0n) is 20.4. The lowest BCUT2D eigenvalue weighted by molar-refractivity contribution is -0.193. The fraction of sp³-hybridized carbons (Fsp3) is 0.304. The zero-order chi connectivity index (χ0) is 31.4. The lowest BCUT2D eigenvalue weighted by atomic mass is 10.0. The average molecular weight is 607 g/mol. The smallest absolute Gasteiger partial charge is 0.475 e. The number of hydrogen-bond acceptors (Lipinski definition) is 9. The molecular formula is C23H19F6N5O6S. The number of aromatic nitrogens is 1. The van der Waals surface area contributed by atoms with E-state index in [9.17, 15) is 31.1 Å². The molecule has 1 aliphatic heterocycles. The van der Waals surface area contributed by atoms with Gasteiger partial charge in [0.15, 0.2) is 0 Å². The highest BCUT2D eigenvalue weighted by molar-refractivity contribution is 7.99. The van der Waals surface area contributed by atoms with Crippen molar-refractivity contribution in [3.05, 3.63) is 53.7 Å². The Morgan fingerprint density at radius 3 is 2.07 bits per heavy atom. The second kappa shape index (κ2) is 15.3. The van der Waals surface area contributed by atoms with Crippen LogP contribution in [-0.2, 0) is 20.8 Å². The van der Waals surface area contributed by atoms with E-state index in [1.807, 2.05) is 18.2 Å². The van der Waals surface area contributed by atoms with Crippen LogP contribution in [0.5, 0.6) is 11.6 Å². The molecule has 220 valence electrons. The minimum Gasteiger partial charge on any atom is -0.475 e. The minimum atomic E-state index is -5.08. The topological polar surface area (TPSA) is 191 Å². The van der Waals surface area contributed by atoms with Crippen molar-refractivity contribution in [1.82, 2.24) is 9.88 Å². The number of amides is 1. The van der Waals surface area contributed by atoms with E-state index in [1.54, 1.807) is 42.2 Å². The number of halogens is 6. The number of pyridine rings is 1. The van der Waals surface area contributed by atoms with E-state index in [-0.39, 0.29) is 11.8 Å². The molecule has 0 bridgehead atoms. The first-order valence-electron chi connectivity index (χ1n) is 10.8. The molecule has 1 aliphatic rings. The Bertz CT molecular complexity index is 1270. The zero-order valence-corrected chi connectivity index (χ0v) is 21.2. The fourth-order valence-electron chi connectivity index (χ4n) is 2.68. The van der Waals surface area contributed by atoms with E-state index in [4.69, 9.17) is 40.8 Å². The molecule has 41 heavy (non-hydrogen) atoms. The van der Waals surface area contributed by atoms with Gasteiger partial charge in [-0.15, -0.1) is 11.8 Å². The highest BCUT2D eigenvalue weighted by Gasteiger charge is 2.39. The summed E-state index contributed by atoms with van der Waals surface area (Å²) >= 11 is 1.55. The van der Waals surface area contributed by atoms with Crippen LogP contribution in [0.4, 0.5) is 26.3 Å². The van der Waals surface area contributed by atoms with E-state index >= 15 is 0 Å². The van der Waals surface area contributed by atoms with Crippen LogP contribution >= 0.6 is 11.8 Å². The van der Waals surface area contributed by atoms with E-state index in [1.165, 1.54) is 4.90 Å². The summed E-state index contributed by atoms with van der Waals surface area (Å²) in [5, 5.41) is 32.4. The predicted molar refractivity (Wildman–Crippen MR) is 128 cm³/mol. The third kappa shape index (κ3) is 11.6. The number of hydrogen-bond donors (Lipinski definition) is 3. The molecule has 0 aliphatic carbocycles. The number of thioether (sulfide) groups is 1. The number of ether oxygens (including phenoxy) is 1. The minimum absolute atomic E-state index is 0.209. The number of nitrogens with zero attached hydrogens (tertiary/aromatic N) is 4. The van der Waals surface area contributed by atoms with Crippen LogP contribution in [0.1, 0.15) is 11.1 Å². The number of nitriles is 2. The maximum absolute atomic E-state index is 12.5. The van der Waals surface area contributed by atoms with E-state index in [2.05, 4.69) is 11.1 Å². The molecule has 1 saturated heterocycles. The summed E-state index contributed by atoms with van der Waals surface area (Å²) in [5.74, 6) is -3.82. The highest BCUT2D eigenvalue weighted by atomic mass is 32.2. The first kappa shape index (κ1) is 34.5. The van der Waals surface area contributed by atoms with Crippen LogP contribution < -0.4 is 10.5 Å². The molecule has 3 rings (SSSR count). The molecule has 0 radical (unpaired) electrons. The molecule has 18 heteroatoms. The van der Waals surface area contributed by atoms with Crippen molar-refractivity contribution < 1.29 is 55.7 Å². The number of carbonyl (C=O) groups excluding carboxylic acids is 1. The second-order valence-electron chi connectivity index (χ2n) is 7.58. The van der Waals surface area contributed by atoms with Gasteiger partial charge in [-0.3, -0.25) is 4.79 Å². The van der Waals surface area contributed by atoms with Crippen molar-refractivity contribution in [1.29, 1.82) is 10.5 Å². The SMILES string of the molecule is N#Cc1cccnc1Oc1ccc(C[C@H](N)C(=O)N2CSC[C@H]2C#N)cc1.O=C(O)C(F)(F)F.O=C(O)C(F)(F)F. The Kier molecular flexibility index (Phi) is 12.9. The normalized spacial score (nSPS) is 15.0. The fourth-order valence-corrected chi connectivity index (χ4v) is 3.77. The number of carbonyl (C=O) groups is 3. The summed E-state index contributed by atoms with van der Waals surface area (Å²) in [6.07, 6.45) is -8.24. The van der Waals surface area contributed by atoms with Gasteiger partial charge in [-0.05, 0) is 36.2 Å². The van der Waals surface area contributed by atoms with Gasteiger partial charge in [-0.2, -0.15) is 36.9 Å². The summed E-state index contributed by atoms with van der Waals surface area (Å²) in [5.41, 5.74) is 7.29. The largest absolute Gasteiger partial charge is 0.490 e. The monoisotopic (exact) mass is 607 g/mol. The average Bonchev–Trinajstić information content (AvgIpc) is 3.38. The molecule has 0 spiro atoms. The Morgan fingerprint density at radius 2 is 1.61 bits per heavy atom. The van der Waals surface area contributed by atoms with Crippen molar-refractivity contribution >= 4 is 29.6 Å². The van der Waals surface area contributed by atoms with Crippen molar-refractivity contribution in [3.63, 3.8) is 0 Å². The first-order valence-corrected chi connectivity index (χ1v) is 11.9. The summed E-state index contributed by atoms with van der Waals surface area (Å²) in [4.78, 5) is 35.9. The predicted octanol–water partition coefficient (Wildman–Crippen LogP) is 3.31. The molecular weight excluding hydrogens is 588 g/mol. The highest BCUT2D eigenvalue weighted by Crippen LogP contribution is 2.24. The third-order valence-electron chi connectivity index (χ3n) is 4.60. The number of nitrogens with two attached hydrogens (primary N) is 1. The summed E-state index contributed by atoms with van der Waals surface area (Å²) in [7, 11) is 0. The number of carboxylic acids is 2. The molecule has 2 aromatic rings. The van der Waals surface area contributed by atoms with Crippen molar-refractivity contribution in [2.24, 2.45) is 5.73 Å². The first-order chi connectivity index (χ1) is 19.0. The van der Waals surface area contributed by atoms with E-state index in [0.29, 0.717) is 29.4 Å². The number of rotatable bonds is 5. The van der Waals surface area contributed by atoms with E-state index < -0.39 is 36.4 Å². The van der Waals surface area contributed by atoms with Gasteiger partial charge in [-0.25, -0.2) is 14.6 Å². The van der Waals surface area contributed by atoms with Gasteiger partial charge < -0.3 is 25.6 Å². The Labute approximate surface area is 231 Å². The van der Waals surface area contributed by atoms with Crippen LogP contribution in [0.25, 0.3) is 0 Å². The van der Waals surface area contributed by atoms with Crippen LogP contribution in [0, 0.1) is 22.7 Å². The number of benzene rings is 1. The molecule has 1 amide bonds. The Hall–Kier alpha value is -4.55. The lowest BCUT2D eigenvalue weighted by Gasteiger charge is -2.22. The third-order valence-corrected chi connectivity index (χ3v) is 5.61. The molecule has 11 nitrogen and oxygen atoms in total. The van der Waals surface area contributed by atoms with Crippen molar-refractivity contribution in [2.75, 3.05) is 11.6 Å². The van der Waals surface area contributed by atoms with Crippen molar-refractivity contribution in [2.45, 2.75) is 30.9 Å². The molecule has 0 saturated carbocycles. The molecule has 1 fully saturated rings. The Balaban J connectivity index is 0.000000497. The number of carboxylic acid groups (broad SMARTS) is 2. The molecule has 1 aromatic heterocycles. The summed E-state index contributed by atoms with van der Waals surface area (Å²) in [6.45, 7) is 0. The van der Waals surface area contributed by atoms with Gasteiger partial charge in [0.05, 0.1) is 18.0 Å². The number of alkyl halides is 6. The number of aliphatic carboxylic acids is 2. The molecule has 0 unspecified atom stereocenters. The van der Waals surface area contributed by atoms with Gasteiger partial charge in [0.2, 0.25) is 11.8 Å². The van der Waals surface area contributed by atoms with Gasteiger partial charge in [0, 0.05) is 11.9 Å². The van der Waals surface area contributed by atoms with Crippen LogP contribution in [-0.4, -0.2) is 74.0 Å². The van der Waals surface area contributed by atoms with Gasteiger partial charge >= 0.3 is 24.3 Å². The quantitative estimate of drug-likeness (QED) is 0.423. The maximum Gasteiger partial charge on any atom is 0.490 e. The molecule has 2 atom stereocenters. The Morgan fingerprint density at radius 1 is 1.07 bits per heavy atom. The van der Waals surface area contributed by atoms with Gasteiger partial charge in [0.25, 0.3) is 0 Å². The van der Waals surface area contributed by atoms with Gasteiger partial charge in [-0.1, -0.05) is 12.1 Å². The van der Waals surface area contributed by atoms with Crippen LogP contribution in [0.3, 0.4) is 0 Å². The summed E-state index contributed by atoms with van der Waals surface area (Å²) < 4.78 is 69.1. The van der Waals surface area contributed by atoms with Gasteiger partial charge in [0.1, 0.15) is 23.4 Å².